The highest BCUT2D eigenvalue weighted by Crippen LogP contribution is 2.28. The number of alkyl halides is 3. The number of amides is 1. The summed E-state index contributed by atoms with van der Waals surface area (Å²) in [4.78, 5) is 24.4. The Morgan fingerprint density at radius 1 is 0.912 bits per heavy atom. The molecule has 0 aliphatic rings. The Hall–Kier alpha value is -4.14. The fourth-order valence-electron chi connectivity index (χ4n) is 3.51. The topological polar surface area (TPSA) is 68.9 Å². The molecule has 0 radical (unpaired) electrons. The quantitative estimate of drug-likeness (QED) is 0.446. The number of nitrogens with zero attached hydrogens (tertiary/aromatic N) is 3. The summed E-state index contributed by atoms with van der Waals surface area (Å²) < 4.78 is 41.4. The van der Waals surface area contributed by atoms with Crippen LogP contribution >= 0.6 is 0 Å². The monoisotopic (exact) mass is 466 g/mol. The summed E-state index contributed by atoms with van der Waals surface area (Å²) in [5.74, 6) is -0.587. The molecule has 0 atom stereocenters. The number of hydrogen-bond donors (Lipinski definition) is 1. The maximum Gasteiger partial charge on any atom is 0.417 e. The zero-order valence-corrected chi connectivity index (χ0v) is 18.0. The lowest BCUT2D eigenvalue weighted by atomic mass is 10.1. The molecule has 0 aliphatic heterocycles. The third kappa shape index (κ3) is 5.61. The summed E-state index contributed by atoms with van der Waals surface area (Å²) in [7, 11) is 0. The van der Waals surface area contributed by atoms with Crippen LogP contribution in [0, 0.1) is 0 Å². The van der Waals surface area contributed by atoms with Crippen molar-refractivity contribution in [1.82, 2.24) is 19.7 Å². The van der Waals surface area contributed by atoms with E-state index in [4.69, 9.17) is 0 Å². The van der Waals surface area contributed by atoms with Crippen molar-refractivity contribution in [3.05, 3.63) is 112 Å². The number of benzene rings is 2. The highest BCUT2D eigenvalue weighted by molar-refractivity contribution is 5.76. The number of halogens is 3. The summed E-state index contributed by atoms with van der Waals surface area (Å²) in [5, 5.41) is 7.36. The van der Waals surface area contributed by atoms with E-state index in [1.807, 2.05) is 66.9 Å². The molecule has 0 bridgehead atoms. The summed E-state index contributed by atoms with van der Waals surface area (Å²) in [6, 6.07) is 20.7. The highest BCUT2D eigenvalue weighted by Gasteiger charge is 2.31. The Morgan fingerprint density at radius 3 is 2.26 bits per heavy atom. The van der Waals surface area contributed by atoms with Gasteiger partial charge in [0.15, 0.2) is 0 Å². The molecule has 0 fully saturated rings. The van der Waals surface area contributed by atoms with Crippen molar-refractivity contribution < 1.29 is 18.0 Å². The molecule has 0 saturated heterocycles. The molecule has 0 saturated carbocycles. The van der Waals surface area contributed by atoms with Crippen molar-refractivity contribution in [3.63, 3.8) is 0 Å². The van der Waals surface area contributed by atoms with E-state index in [0.29, 0.717) is 24.5 Å². The Bertz CT molecular complexity index is 1330. The maximum absolute atomic E-state index is 12.9. The lowest BCUT2D eigenvalue weighted by molar-refractivity contribution is -0.138. The van der Waals surface area contributed by atoms with Gasteiger partial charge in [0.05, 0.1) is 17.8 Å². The minimum Gasteiger partial charge on any atom is -0.350 e. The van der Waals surface area contributed by atoms with Crippen LogP contribution in [0.5, 0.6) is 0 Å². The Kier molecular flexibility index (Phi) is 6.62. The Labute approximate surface area is 193 Å². The van der Waals surface area contributed by atoms with Crippen LogP contribution in [0.15, 0.2) is 90.0 Å². The van der Waals surface area contributed by atoms with Gasteiger partial charge in [-0.05, 0) is 11.6 Å². The van der Waals surface area contributed by atoms with Gasteiger partial charge >= 0.3 is 6.18 Å². The lowest BCUT2D eigenvalue weighted by Crippen LogP contribution is -2.32. The molecule has 1 amide bonds. The van der Waals surface area contributed by atoms with Crippen molar-refractivity contribution in [2.24, 2.45) is 0 Å². The first-order valence-corrected chi connectivity index (χ1v) is 10.5. The lowest BCUT2D eigenvalue weighted by Gasteiger charge is -2.11. The van der Waals surface area contributed by atoms with Crippen LogP contribution in [0.2, 0.25) is 0 Å². The predicted molar refractivity (Wildman–Crippen MR) is 121 cm³/mol. The van der Waals surface area contributed by atoms with Crippen molar-refractivity contribution >= 4 is 5.91 Å². The average Bonchev–Trinajstić information content (AvgIpc) is 3.22. The van der Waals surface area contributed by atoms with Gasteiger partial charge in [0.1, 0.15) is 6.54 Å². The molecule has 2 aromatic carbocycles. The van der Waals surface area contributed by atoms with Crippen molar-refractivity contribution in [3.8, 4) is 11.3 Å². The second kappa shape index (κ2) is 9.78. The van der Waals surface area contributed by atoms with Gasteiger partial charge in [-0.15, -0.1) is 0 Å². The zero-order chi connectivity index (χ0) is 24.1. The van der Waals surface area contributed by atoms with E-state index in [-0.39, 0.29) is 6.54 Å². The Morgan fingerprint density at radius 2 is 1.59 bits per heavy atom. The van der Waals surface area contributed by atoms with E-state index in [0.717, 1.165) is 27.3 Å². The normalized spacial score (nSPS) is 11.4. The van der Waals surface area contributed by atoms with Gasteiger partial charge in [0.2, 0.25) is 5.91 Å². The van der Waals surface area contributed by atoms with E-state index >= 15 is 0 Å². The largest absolute Gasteiger partial charge is 0.417 e. The Balaban J connectivity index is 1.52. The van der Waals surface area contributed by atoms with Crippen LogP contribution in [-0.2, 0) is 30.6 Å². The van der Waals surface area contributed by atoms with Crippen LogP contribution in [-0.4, -0.2) is 20.3 Å². The van der Waals surface area contributed by atoms with E-state index < -0.39 is 29.8 Å². The molecule has 0 spiro atoms. The van der Waals surface area contributed by atoms with Crippen LogP contribution in [0.25, 0.3) is 11.3 Å². The van der Waals surface area contributed by atoms with E-state index in [1.165, 1.54) is 0 Å². The highest BCUT2D eigenvalue weighted by atomic mass is 19.4. The first-order chi connectivity index (χ1) is 16.3. The van der Waals surface area contributed by atoms with Gasteiger partial charge in [-0.25, -0.2) is 0 Å². The third-order valence-corrected chi connectivity index (χ3v) is 5.17. The number of hydrogen-bond acceptors (Lipinski definition) is 3. The molecule has 174 valence electrons. The van der Waals surface area contributed by atoms with Crippen LogP contribution < -0.4 is 10.9 Å². The number of carbonyl (C=O) groups is 1. The third-order valence-electron chi connectivity index (χ3n) is 5.17. The van der Waals surface area contributed by atoms with Gasteiger partial charge in [-0.2, -0.15) is 18.3 Å². The molecular weight excluding hydrogens is 445 g/mol. The molecule has 1 N–H and O–H groups in total. The molecule has 0 aliphatic carbocycles. The molecule has 9 heteroatoms. The van der Waals surface area contributed by atoms with Crippen LogP contribution in [0.3, 0.4) is 0 Å². The fourth-order valence-corrected chi connectivity index (χ4v) is 3.51. The molecule has 0 unspecified atom stereocenters. The van der Waals surface area contributed by atoms with Crippen LogP contribution in [0.1, 0.15) is 16.7 Å². The standard InChI is InChI=1S/C25H21F3N4O2/c26-25(27,28)21-11-12-23(34)31(16-21)17-22(33)29-13-20-15-32(14-18-7-3-1-4-8-18)30-24(20)19-9-5-2-6-10-19/h1-12,15-16H,13-14,17H2,(H,29,33). The van der Waals surface area contributed by atoms with E-state index in [2.05, 4.69) is 10.4 Å². The molecule has 6 nitrogen and oxygen atoms in total. The van der Waals surface area contributed by atoms with Crippen molar-refractivity contribution in [2.45, 2.75) is 25.8 Å². The average molecular weight is 466 g/mol. The smallest absolute Gasteiger partial charge is 0.350 e. The summed E-state index contributed by atoms with van der Waals surface area (Å²) >= 11 is 0. The molecule has 2 heterocycles. The first kappa shape index (κ1) is 23.0. The molecular formula is C25H21F3N4O2. The molecule has 2 aromatic heterocycles. The summed E-state index contributed by atoms with van der Waals surface area (Å²) in [5.41, 5.74) is 1.67. The minimum atomic E-state index is -4.61. The van der Waals surface area contributed by atoms with Crippen LogP contribution in [0.4, 0.5) is 13.2 Å². The van der Waals surface area contributed by atoms with Gasteiger partial charge in [0.25, 0.3) is 5.56 Å². The number of nitrogens with one attached hydrogen (secondary N) is 1. The fraction of sp³-hybridized carbons (Fsp3) is 0.160. The first-order valence-electron chi connectivity index (χ1n) is 10.5. The zero-order valence-electron chi connectivity index (χ0n) is 18.0. The van der Waals surface area contributed by atoms with Crippen molar-refractivity contribution in [1.29, 1.82) is 0 Å². The van der Waals surface area contributed by atoms with E-state index in [9.17, 15) is 22.8 Å². The van der Waals surface area contributed by atoms with E-state index in [1.54, 1.807) is 4.68 Å². The number of rotatable bonds is 7. The number of pyridine rings is 1. The summed E-state index contributed by atoms with van der Waals surface area (Å²) in [6.45, 7) is 0.112. The maximum atomic E-state index is 12.9. The number of aromatic nitrogens is 3. The molecule has 4 aromatic rings. The molecule has 34 heavy (non-hydrogen) atoms. The second-order valence-electron chi connectivity index (χ2n) is 7.71. The second-order valence-corrected chi connectivity index (χ2v) is 7.71. The van der Waals surface area contributed by atoms with Gasteiger partial charge in [-0.3, -0.25) is 14.3 Å². The predicted octanol–water partition coefficient (Wildman–Crippen LogP) is 4.10. The molecule has 4 rings (SSSR count). The van der Waals surface area contributed by atoms with Gasteiger partial charge in [-0.1, -0.05) is 60.7 Å². The summed E-state index contributed by atoms with van der Waals surface area (Å²) in [6.07, 6.45) is -2.13. The number of carbonyl (C=O) groups excluding carboxylic acids is 1. The van der Waals surface area contributed by atoms with Gasteiger partial charge in [0, 0.05) is 36.1 Å². The SMILES string of the molecule is O=C(Cn1cc(C(F)(F)F)ccc1=O)NCc1cn(Cc2ccccc2)nc1-c1ccccc1. The van der Waals surface area contributed by atoms with Gasteiger partial charge < -0.3 is 9.88 Å². The minimum absolute atomic E-state index is 0.103. The van der Waals surface area contributed by atoms with Crippen molar-refractivity contribution in [2.75, 3.05) is 0 Å².